The van der Waals surface area contributed by atoms with Crippen molar-refractivity contribution in [2.45, 2.75) is 13.8 Å². The van der Waals surface area contributed by atoms with Crippen LogP contribution in [-0.2, 0) is 10.2 Å². The molecule has 0 heterocycles. The zero-order valence-corrected chi connectivity index (χ0v) is 9.77. The molecule has 0 unspecified atom stereocenters. The molecule has 6 heteroatoms. The molecule has 84 valence electrons. The van der Waals surface area contributed by atoms with Crippen LogP contribution in [0.1, 0.15) is 11.1 Å². The van der Waals surface area contributed by atoms with E-state index in [1.54, 1.807) is 19.1 Å². The zero-order valence-electron chi connectivity index (χ0n) is 8.96. The molecule has 1 aromatic carbocycles. The van der Waals surface area contributed by atoms with Gasteiger partial charge in [-0.05, 0) is 37.1 Å². The van der Waals surface area contributed by atoms with Crippen molar-refractivity contribution in [3.05, 3.63) is 23.3 Å². The lowest BCUT2D eigenvalue weighted by atomic mass is 10.1. The van der Waals surface area contributed by atoms with E-state index in [2.05, 4.69) is 9.44 Å². The highest BCUT2D eigenvalue weighted by atomic mass is 32.2. The van der Waals surface area contributed by atoms with Crippen LogP contribution in [0.15, 0.2) is 12.1 Å². The molecule has 0 aromatic heterocycles. The molecule has 0 aliphatic heterocycles. The minimum Gasteiger partial charge on any atom is -0.399 e. The molecule has 0 aliphatic rings. The van der Waals surface area contributed by atoms with Crippen LogP contribution in [0.2, 0.25) is 0 Å². The molecule has 0 saturated carbocycles. The van der Waals surface area contributed by atoms with Crippen molar-refractivity contribution in [2.24, 2.45) is 0 Å². The van der Waals surface area contributed by atoms with E-state index in [1.165, 1.54) is 7.05 Å². The quantitative estimate of drug-likeness (QED) is 0.669. The SMILES string of the molecule is CNS(=O)(=O)Nc1cc(C)c(N)cc1C. The topological polar surface area (TPSA) is 84.2 Å². The molecule has 0 fully saturated rings. The molecule has 0 amide bonds. The fraction of sp³-hybridized carbons (Fsp3) is 0.333. The van der Waals surface area contributed by atoms with Gasteiger partial charge in [0.05, 0.1) is 5.69 Å². The van der Waals surface area contributed by atoms with Crippen molar-refractivity contribution in [1.82, 2.24) is 4.72 Å². The molecule has 0 atom stereocenters. The summed E-state index contributed by atoms with van der Waals surface area (Å²) in [7, 11) is -2.12. The average molecular weight is 229 g/mol. The number of benzene rings is 1. The Bertz CT molecular complexity index is 468. The number of aryl methyl sites for hydroxylation is 2. The third-order valence-electron chi connectivity index (χ3n) is 2.13. The van der Waals surface area contributed by atoms with E-state index in [-0.39, 0.29) is 0 Å². The maximum absolute atomic E-state index is 11.3. The Morgan fingerprint density at radius 1 is 1.20 bits per heavy atom. The molecule has 4 N–H and O–H groups in total. The highest BCUT2D eigenvalue weighted by Gasteiger charge is 2.09. The molecule has 1 aromatic rings. The summed E-state index contributed by atoms with van der Waals surface area (Å²) in [5, 5.41) is 0. The molecule has 5 nitrogen and oxygen atoms in total. The standard InChI is InChI=1S/C9H15N3O2S/c1-6-5-9(7(2)4-8(6)10)12-15(13,14)11-3/h4-5,11-12H,10H2,1-3H3. The van der Waals surface area contributed by atoms with Crippen molar-refractivity contribution < 1.29 is 8.42 Å². The fourth-order valence-corrected chi connectivity index (χ4v) is 1.76. The van der Waals surface area contributed by atoms with Crippen molar-refractivity contribution in [3.63, 3.8) is 0 Å². The van der Waals surface area contributed by atoms with Crippen molar-refractivity contribution in [2.75, 3.05) is 17.5 Å². The molecule has 0 radical (unpaired) electrons. The summed E-state index contributed by atoms with van der Waals surface area (Å²) in [5.74, 6) is 0. The Kier molecular flexibility index (Phi) is 3.21. The van der Waals surface area contributed by atoms with Crippen LogP contribution in [-0.4, -0.2) is 15.5 Å². The van der Waals surface area contributed by atoms with E-state index in [9.17, 15) is 8.42 Å². The Morgan fingerprint density at radius 2 is 1.80 bits per heavy atom. The first kappa shape index (κ1) is 11.8. The van der Waals surface area contributed by atoms with Crippen LogP contribution in [0.3, 0.4) is 0 Å². The van der Waals surface area contributed by atoms with Gasteiger partial charge in [0.1, 0.15) is 0 Å². The van der Waals surface area contributed by atoms with Crippen LogP contribution in [0.25, 0.3) is 0 Å². The van der Waals surface area contributed by atoms with Crippen LogP contribution in [0.4, 0.5) is 11.4 Å². The number of nitrogens with one attached hydrogen (secondary N) is 2. The first-order valence-corrected chi connectivity index (χ1v) is 5.92. The Labute approximate surface area is 89.9 Å². The third-order valence-corrected chi connectivity index (χ3v) is 3.15. The Morgan fingerprint density at radius 3 is 2.33 bits per heavy atom. The van der Waals surface area contributed by atoms with E-state index in [1.807, 2.05) is 6.92 Å². The summed E-state index contributed by atoms with van der Waals surface area (Å²) < 4.78 is 27.1. The van der Waals surface area contributed by atoms with Gasteiger partial charge < -0.3 is 5.73 Å². The maximum atomic E-state index is 11.3. The minimum atomic E-state index is -3.47. The summed E-state index contributed by atoms with van der Waals surface area (Å²) >= 11 is 0. The van der Waals surface area contributed by atoms with E-state index in [0.717, 1.165) is 11.1 Å². The van der Waals surface area contributed by atoms with Gasteiger partial charge >= 0.3 is 0 Å². The van der Waals surface area contributed by atoms with E-state index >= 15 is 0 Å². The number of nitrogens with two attached hydrogens (primary N) is 1. The van der Waals surface area contributed by atoms with Gasteiger partial charge in [-0.15, -0.1) is 0 Å². The van der Waals surface area contributed by atoms with Crippen molar-refractivity contribution in [1.29, 1.82) is 0 Å². The Hall–Kier alpha value is -1.27. The van der Waals surface area contributed by atoms with Gasteiger partial charge in [0, 0.05) is 12.7 Å². The third kappa shape index (κ3) is 2.84. The van der Waals surface area contributed by atoms with Crippen molar-refractivity contribution >= 4 is 21.6 Å². The van der Waals surface area contributed by atoms with Crippen LogP contribution in [0, 0.1) is 13.8 Å². The normalized spacial score (nSPS) is 11.4. The van der Waals surface area contributed by atoms with E-state index < -0.39 is 10.2 Å². The number of hydrogen-bond donors (Lipinski definition) is 3. The molecule has 0 aliphatic carbocycles. The Balaban J connectivity index is 3.12. The van der Waals surface area contributed by atoms with Crippen LogP contribution < -0.4 is 15.2 Å². The van der Waals surface area contributed by atoms with Gasteiger partial charge in [-0.2, -0.15) is 8.42 Å². The summed E-state index contributed by atoms with van der Waals surface area (Å²) in [6.07, 6.45) is 0. The molecule has 15 heavy (non-hydrogen) atoms. The number of nitrogen functional groups attached to an aromatic ring is 1. The number of hydrogen-bond acceptors (Lipinski definition) is 3. The second kappa shape index (κ2) is 4.08. The highest BCUT2D eigenvalue weighted by molar-refractivity contribution is 7.90. The summed E-state index contributed by atoms with van der Waals surface area (Å²) in [5.41, 5.74) is 8.51. The van der Waals surface area contributed by atoms with Crippen LogP contribution >= 0.6 is 0 Å². The molecule has 0 spiro atoms. The average Bonchev–Trinajstić information content (AvgIpc) is 2.14. The molecule has 0 bridgehead atoms. The van der Waals surface area contributed by atoms with Crippen molar-refractivity contribution in [3.8, 4) is 0 Å². The molecule has 0 saturated heterocycles. The number of rotatable bonds is 3. The largest absolute Gasteiger partial charge is 0.399 e. The van der Waals surface area contributed by atoms with Crippen LogP contribution in [0.5, 0.6) is 0 Å². The van der Waals surface area contributed by atoms with Gasteiger partial charge in [0.2, 0.25) is 0 Å². The highest BCUT2D eigenvalue weighted by Crippen LogP contribution is 2.22. The summed E-state index contributed by atoms with van der Waals surface area (Å²) in [4.78, 5) is 0. The predicted molar refractivity (Wildman–Crippen MR) is 61.9 cm³/mol. The van der Waals surface area contributed by atoms with E-state index in [4.69, 9.17) is 5.73 Å². The van der Waals surface area contributed by atoms with Gasteiger partial charge in [-0.3, -0.25) is 4.72 Å². The van der Waals surface area contributed by atoms with Gasteiger partial charge in [0.15, 0.2) is 0 Å². The number of anilines is 2. The lowest BCUT2D eigenvalue weighted by molar-refractivity contribution is 0.593. The minimum absolute atomic E-state index is 0.538. The summed E-state index contributed by atoms with van der Waals surface area (Å²) in [6, 6.07) is 3.45. The van der Waals surface area contributed by atoms with E-state index in [0.29, 0.717) is 11.4 Å². The lowest BCUT2D eigenvalue weighted by Crippen LogP contribution is -2.26. The van der Waals surface area contributed by atoms with Gasteiger partial charge in [0.25, 0.3) is 10.2 Å². The first-order chi connectivity index (χ1) is 6.85. The maximum Gasteiger partial charge on any atom is 0.298 e. The smallest absolute Gasteiger partial charge is 0.298 e. The predicted octanol–water partition coefficient (Wildman–Crippen LogP) is 0.762. The monoisotopic (exact) mass is 229 g/mol. The van der Waals surface area contributed by atoms with Gasteiger partial charge in [-0.1, -0.05) is 0 Å². The lowest BCUT2D eigenvalue weighted by Gasteiger charge is -2.11. The second-order valence-electron chi connectivity index (χ2n) is 3.33. The molecular weight excluding hydrogens is 214 g/mol. The zero-order chi connectivity index (χ0) is 11.6. The fourth-order valence-electron chi connectivity index (χ4n) is 1.14. The first-order valence-electron chi connectivity index (χ1n) is 4.43. The molecule has 1 rings (SSSR count). The van der Waals surface area contributed by atoms with Gasteiger partial charge in [-0.25, -0.2) is 4.72 Å². The molecular formula is C9H15N3O2S. The second-order valence-corrected chi connectivity index (χ2v) is 4.95. The summed E-state index contributed by atoms with van der Waals surface area (Å²) in [6.45, 7) is 3.62.